The van der Waals surface area contributed by atoms with Crippen LogP contribution in [0.4, 0.5) is 11.4 Å². The topological polar surface area (TPSA) is 96.6 Å². The van der Waals surface area contributed by atoms with Gasteiger partial charge in [-0.3, -0.25) is 14.2 Å². The van der Waals surface area contributed by atoms with Crippen molar-refractivity contribution >= 4 is 57.7 Å². The molecule has 10 heteroatoms. The van der Waals surface area contributed by atoms with Crippen LogP contribution >= 0.6 is 23.4 Å². The molecule has 3 aromatic rings. The maximum absolute atomic E-state index is 12.6. The van der Waals surface area contributed by atoms with Gasteiger partial charge < -0.3 is 20.0 Å². The highest BCUT2D eigenvalue weighted by Crippen LogP contribution is 2.38. The molecule has 2 N–H and O–H groups in total. The predicted octanol–water partition coefficient (Wildman–Crippen LogP) is 3.25. The number of halogens is 1. The number of benzene rings is 2. The Kier molecular flexibility index (Phi) is 6.08. The van der Waals surface area contributed by atoms with Crippen LogP contribution in [0.3, 0.4) is 0 Å². The molecule has 0 bridgehead atoms. The molecule has 162 valence electrons. The number of rotatable bonds is 6. The Morgan fingerprint density at radius 2 is 2.06 bits per heavy atom. The van der Waals surface area contributed by atoms with Crippen LogP contribution in [0.5, 0.6) is 0 Å². The molecule has 4 rings (SSSR count). The summed E-state index contributed by atoms with van der Waals surface area (Å²) in [5, 5.41) is 5.60. The third kappa shape index (κ3) is 4.79. The van der Waals surface area contributed by atoms with Crippen LogP contribution in [0, 0.1) is 0 Å². The van der Waals surface area contributed by atoms with Crippen molar-refractivity contribution in [1.82, 2.24) is 9.47 Å². The molecule has 1 aliphatic rings. The SMILES string of the molecule is CN(C)CCn1c(=O)oc2ccc(NC(=O)CC3Sc4ccc(Cl)cc4NC3=O)cc21. The fraction of sp³-hybridized carbons (Fsp3) is 0.286. The molecule has 31 heavy (non-hydrogen) atoms. The molecule has 1 aromatic heterocycles. The number of thioether (sulfide) groups is 1. The quantitative estimate of drug-likeness (QED) is 0.586. The Balaban J connectivity index is 1.47. The lowest BCUT2D eigenvalue weighted by Gasteiger charge is -2.23. The van der Waals surface area contributed by atoms with Gasteiger partial charge in [0.1, 0.15) is 0 Å². The van der Waals surface area contributed by atoms with Crippen molar-refractivity contribution < 1.29 is 14.0 Å². The average molecular weight is 461 g/mol. The minimum atomic E-state index is -0.551. The smallest absolute Gasteiger partial charge is 0.408 e. The van der Waals surface area contributed by atoms with E-state index in [0.29, 0.717) is 40.6 Å². The van der Waals surface area contributed by atoms with E-state index in [-0.39, 0.29) is 18.2 Å². The first-order valence-electron chi connectivity index (χ1n) is 9.65. The van der Waals surface area contributed by atoms with Gasteiger partial charge in [-0.25, -0.2) is 4.79 Å². The van der Waals surface area contributed by atoms with Crippen LogP contribution in [-0.2, 0) is 16.1 Å². The molecule has 8 nitrogen and oxygen atoms in total. The summed E-state index contributed by atoms with van der Waals surface area (Å²) in [5.74, 6) is -0.970. The first-order chi connectivity index (χ1) is 14.8. The van der Waals surface area contributed by atoms with Gasteiger partial charge in [0, 0.05) is 35.1 Å². The fourth-order valence-corrected chi connectivity index (χ4v) is 4.55. The second kappa shape index (κ2) is 8.78. The Hall–Kier alpha value is -2.75. The predicted molar refractivity (Wildman–Crippen MR) is 122 cm³/mol. The van der Waals surface area contributed by atoms with Crippen molar-refractivity contribution in [2.45, 2.75) is 23.1 Å². The van der Waals surface area contributed by atoms with Crippen LogP contribution in [0.25, 0.3) is 11.1 Å². The van der Waals surface area contributed by atoms with E-state index in [0.717, 1.165) is 4.90 Å². The van der Waals surface area contributed by atoms with Crippen LogP contribution in [-0.4, -0.2) is 47.2 Å². The molecule has 2 heterocycles. The van der Waals surface area contributed by atoms with Gasteiger partial charge in [0.2, 0.25) is 11.8 Å². The van der Waals surface area contributed by atoms with Gasteiger partial charge in [-0.15, -0.1) is 11.8 Å². The van der Waals surface area contributed by atoms with E-state index in [1.165, 1.54) is 16.3 Å². The zero-order valence-corrected chi connectivity index (χ0v) is 18.5. The summed E-state index contributed by atoms with van der Waals surface area (Å²) in [6.07, 6.45) is 0.00935. The van der Waals surface area contributed by atoms with Crippen LogP contribution in [0.15, 0.2) is 50.5 Å². The van der Waals surface area contributed by atoms with Gasteiger partial charge in [0.25, 0.3) is 0 Å². The van der Waals surface area contributed by atoms with Crippen LogP contribution in [0.2, 0.25) is 5.02 Å². The Labute approximate surface area is 187 Å². The monoisotopic (exact) mass is 460 g/mol. The lowest BCUT2D eigenvalue weighted by molar-refractivity contribution is -0.120. The number of hydrogen-bond donors (Lipinski definition) is 2. The molecule has 0 spiro atoms. The van der Waals surface area contributed by atoms with E-state index in [2.05, 4.69) is 10.6 Å². The number of carbonyl (C=O) groups is 2. The Morgan fingerprint density at radius 1 is 1.26 bits per heavy atom. The number of likely N-dealkylation sites (N-methyl/N-ethyl adjacent to an activating group) is 1. The Morgan fingerprint density at radius 3 is 2.84 bits per heavy atom. The van der Waals surface area contributed by atoms with E-state index in [1.54, 1.807) is 30.3 Å². The average Bonchev–Trinajstić information content (AvgIpc) is 3.01. The summed E-state index contributed by atoms with van der Waals surface area (Å²) < 4.78 is 6.82. The normalized spacial score (nSPS) is 15.7. The van der Waals surface area contributed by atoms with Gasteiger partial charge in [-0.05, 0) is 50.5 Å². The van der Waals surface area contributed by atoms with Crippen LogP contribution < -0.4 is 16.4 Å². The van der Waals surface area contributed by atoms with Crippen molar-refractivity contribution in [3.8, 4) is 0 Å². The molecule has 0 saturated carbocycles. The molecule has 1 unspecified atom stereocenters. The first-order valence-corrected chi connectivity index (χ1v) is 10.9. The van der Waals surface area contributed by atoms with Gasteiger partial charge in [0.15, 0.2) is 5.58 Å². The maximum Gasteiger partial charge on any atom is 0.419 e. The summed E-state index contributed by atoms with van der Waals surface area (Å²) in [7, 11) is 3.84. The highest BCUT2D eigenvalue weighted by Gasteiger charge is 2.29. The number of carbonyl (C=O) groups excluding carboxylic acids is 2. The molecule has 0 saturated heterocycles. The first kappa shape index (κ1) is 21.5. The summed E-state index contributed by atoms with van der Waals surface area (Å²) in [4.78, 5) is 40.0. The zero-order valence-electron chi connectivity index (χ0n) is 17.0. The summed E-state index contributed by atoms with van der Waals surface area (Å²) in [6, 6.07) is 10.3. The minimum absolute atomic E-state index is 0.00935. The molecule has 0 fully saturated rings. The third-order valence-corrected chi connectivity index (χ3v) is 6.36. The largest absolute Gasteiger partial charge is 0.419 e. The summed E-state index contributed by atoms with van der Waals surface area (Å²) in [5.41, 5.74) is 2.25. The van der Waals surface area contributed by atoms with Crippen molar-refractivity contribution in [3.05, 3.63) is 52.0 Å². The number of aromatic nitrogens is 1. The lowest BCUT2D eigenvalue weighted by atomic mass is 10.2. The van der Waals surface area contributed by atoms with Crippen molar-refractivity contribution in [3.63, 3.8) is 0 Å². The number of oxazole rings is 1. The number of anilines is 2. The molecular weight excluding hydrogens is 440 g/mol. The zero-order chi connectivity index (χ0) is 22.1. The molecule has 1 aliphatic heterocycles. The Bertz CT molecular complexity index is 1220. The number of amides is 2. The molecule has 0 aliphatic carbocycles. The highest BCUT2D eigenvalue weighted by molar-refractivity contribution is 8.01. The molecule has 2 aromatic carbocycles. The molecule has 2 amide bonds. The highest BCUT2D eigenvalue weighted by atomic mass is 35.5. The van der Waals surface area contributed by atoms with Crippen LogP contribution in [0.1, 0.15) is 6.42 Å². The van der Waals surface area contributed by atoms with Crippen molar-refractivity contribution in [1.29, 1.82) is 0 Å². The maximum atomic E-state index is 12.6. The van der Waals surface area contributed by atoms with E-state index < -0.39 is 11.0 Å². The van der Waals surface area contributed by atoms with Gasteiger partial charge in [0.05, 0.1) is 16.5 Å². The minimum Gasteiger partial charge on any atom is -0.408 e. The third-order valence-electron chi connectivity index (χ3n) is 4.85. The van der Waals surface area contributed by atoms with Gasteiger partial charge in [-0.1, -0.05) is 11.6 Å². The number of nitrogens with zero attached hydrogens (tertiary/aromatic N) is 2. The van der Waals surface area contributed by atoms with Gasteiger partial charge in [-0.2, -0.15) is 0 Å². The standard InChI is InChI=1S/C21H21ClN4O4S/c1-25(2)7-8-26-15-10-13(4-5-16(15)30-21(26)29)23-19(27)11-18-20(28)24-14-9-12(22)3-6-17(14)31-18/h3-6,9-10,18H,7-8,11H2,1-2H3,(H,23,27)(H,24,28). The molecule has 1 atom stereocenters. The van der Waals surface area contributed by atoms with Crippen molar-refractivity contribution in [2.75, 3.05) is 31.3 Å². The second-order valence-corrected chi connectivity index (χ2v) is 9.17. The number of fused-ring (bicyclic) bond motifs is 2. The van der Waals surface area contributed by atoms with E-state index in [4.69, 9.17) is 16.0 Å². The fourth-order valence-electron chi connectivity index (χ4n) is 3.29. The van der Waals surface area contributed by atoms with E-state index >= 15 is 0 Å². The molecule has 0 radical (unpaired) electrons. The summed E-state index contributed by atoms with van der Waals surface area (Å²) >= 11 is 7.30. The summed E-state index contributed by atoms with van der Waals surface area (Å²) in [6.45, 7) is 1.14. The van der Waals surface area contributed by atoms with Crippen molar-refractivity contribution in [2.24, 2.45) is 0 Å². The van der Waals surface area contributed by atoms with Gasteiger partial charge >= 0.3 is 5.76 Å². The molecular formula is C21H21ClN4O4S. The number of hydrogen-bond acceptors (Lipinski definition) is 6. The number of nitrogens with one attached hydrogen (secondary N) is 2. The van der Waals surface area contributed by atoms with E-state index in [9.17, 15) is 14.4 Å². The lowest BCUT2D eigenvalue weighted by Crippen LogP contribution is -2.32. The van der Waals surface area contributed by atoms with E-state index in [1.807, 2.05) is 25.1 Å². The second-order valence-electron chi connectivity index (χ2n) is 7.49.